The van der Waals surface area contributed by atoms with Gasteiger partial charge in [-0.2, -0.15) is 0 Å². The maximum atomic E-state index is 13.4. The van der Waals surface area contributed by atoms with Gasteiger partial charge in [-0.15, -0.1) is 0 Å². The number of hydrogen-bond donors (Lipinski definition) is 1. The lowest BCUT2D eigenvalue weighted by Crippen LogP contribution is -2.51. The van der Waals surface area contributed by atoms with E-state index >= 15 is 0 Å². The van der Waals surface area contributed by atoms with Gasteiger partial charge in [0.15, 0.2) is 0 Å². The lowest BCUT2D eigenvalue weighted by molar-refractivity contribution is 0.157. The van der Waals surface area contributed by atoms with Crippen LogP contribution in [0.25, 0.3) is 0 Å². The van der Waals surface area contributed by atoms with Crippen molar-refractivity contribution in [3.05, 3.63) is 35.6 Å². The van der Waals surface area contributed by atoms with Crippen LogP contribution >= 0.6 is 0 Å². The van der Waals surface area contributed by atoms with Gasteiger partial charge in [-0.25, -0.2) is 4.39 Å². The summed E-state index contributed by atoms with van der Waals surface area (Å²) < 4.78 is 13.4. The van der Waals surface area contributed by atoms with Crippen LogP contribution in [0.3, 0.4) is 0 Å². The average Bonchev–Trinajstić information content (AvgIpc) is 2.69. The first-order chi connectivity index (χ1) is 9.60. The van der Waals surface area contributed by atoms with Gasteiger partial charge in [0, 0.05) is 24.7 Å². The van der Waals surface area contributed by atoms with E-state index in [1.807, 2.05) is 12.1 Å². The molecule has 1 N–H and O–H groups in total. The molecule has 3 heteroatoms. The van der Waals surface area contributed by atoms with Gasteiger partial charge in [0.25, 0.3) is 0 Å². The number of benzene rings is 1. The third-order valence-corrected chi connectivity index (χ3v) is 4.86. The highest BCUT2D eigenvalue weighted by atomic mass is 19.1. The van der Waals surface area contributed by atoms with Crippen molar-refractivity contribution in [2.24, 2.45) is 0 Å². The van der Waals surface area contributed by atoms with Gasteiger partial charge in [0.2, 0.25) is 0 Å². The second-order valence-electron chi connectivity index (χ2n) is 5.97. The second-order valence-corrected chi connectivity index (χ2v) is 5.97. The molecule has 1 heterocycles. The van der Waals surface area contributed by atoms with Crippen molar-refractivity contribution in [1.29, 1.82) is 0 Å². The summed E-state index contributed by atoms with van der Waals surface area (Å²) in [5.74, 6) is -0.139. The number of halogens is 1. The lowest BCUT2D eigenvalue weighted by atomic mass is 9.91. The first-order valence-electron chi connectivity index (χ1n) is 7.85. The molecular formula is C17H27FN2. The molecule has 0 radical (unpaired) electrons. The Balaban J connectivity index is 2.17. The fraction of sp³-hybridized carbons (Fsp3) is 0.647. The van der Waals surface area contributed by atoms with Crippen LogP contribution in [-0.2, 0) is 0 Å². The Morgan fingerprint density at radius 2 is 2.10 bits per heavy atom. The Kier molecular flexibility index (Phi) is 5.17. The van der Waals surface area contributed by atoms with E-state index in [-0.39, 0.29) is 17.4 Å². The zero-order chi connectivity index (χ0) is 14.6. The van der Waals surface area contributed by atoms with Crippen LogP contribution in [0.15, 0.2) is 24.3 Å². The van der Waals surface area contributed by atoms with E-state index in [0.29, 0.717) is 0 Å². The highest BCUT2D eigenvalue weighted by molar-refractivity contribution is 5.20. The van der Waals surface area contributed by atoms with Crippen LogP contribution in [0.2, 0.25) is 0 Å². The Bertz CT molecular complexity index is 429. The van der Waals surface area contributed by atoms with Crippen LogP contribution in [-0.4, -0.2) is 30.1 Å². The topological polar surface area (TPSA) is 15.3 Å². The van der Waals surface area contributed by atoms with Gasteiger partial charge in [0.1, 0.15) is 5.82 Å². The SMILES string of the molecule is CCC1(CC)CN(C(C)c2cccc(F)c2)CCCN1. The molecule has 1 saturated heterocycles. The van der Waals surface area contributed by atoms with Crippen molar-refractivity contribution in [1.82, 2.24) is 10.2 Å². The minimum Gasteiger partial charge on any atom is -0.310 e. The molecule has 1 fully saturated rings. The van der Waals surface area contributed by atoms with Crippen molar-refractivity contribution in [2.75, 3.05) is 19.6 Å². The van der Waals surface area contributed by atoms with E-state index in [9.17, 15) is 4.39 Å². The summed E-state index contributed by atoms with van der Waals surface area (Å²) in [4.78, 5) is 2.50. The molecule has 112 valence electrons. The highest BCUT2D eigenvalue weighted by Crippen LogP contribution is 2.27. The van der Waals surface area contributed by atoms with E-state index in [4.69, 9.17) is 0 Å². The van der Waals surface area contributed by atoms with Crippen LogP contribution < -0.4 is 5.32 Å². The van der Waals surface area contributed by atoms with Gasteiger partial charge < -0.3 is 5.32 Å². The van der Waals surface area contributed by atoms with Crippen LogP contribution in [0.5, 0.6) is 0 Å². The molecule has 2 nitrogen and oxygen atoms in total. The minimum absolute atomic E-state index is 0.139. The molecule has 1 unspecified atom stereocenters. The zero-order valence-corrected chi connectivity index (χ0v) is 13.0. The average molecular weight is 278 g/mol. The van der Waals surface area contributed by atoms with Crippen LogP contribution in [0.1, 0.15) is 51.6 Å². The van der Waals surface area contributed by atoms with Crippen molar-refractivity contribution < 1.29 is 4.39 Å². The molecule has 0 amide bonds. The molecule has 1 aromatic carbocycles. The molecule has 1 atom stereocenters. The Hall–Kier alpha value is -0.930. The highest BCUT2D eigenvalue weighted by Gasteiger charge is 2.32. The first-order valence-corrected chi connectivity index (χ1v) is 7.85. The number of nitrogens with one attached hydrogen (secondary N) is 1. The number of rotatable bonds is 4. The lowest BCUT2D eigenvalue weighted by Gasteiger charge is -2.38. The normalized spacial score (nSPS) is 21.4. The van der Waals surface area contributed by atoms with Crippen LogP contribution in [0.4, 0.5) is 4.39 Å². The summed E-state index contributed by atoms with van der Waals surface area (Å²) >= 11 is 0. The quantitative estimate of drug-likeness (QED) is 0.902. The van der Waals surface area contributed by atoms with E-state index in [2.05, 4.69) is 31.0 Å². The van der Waals surface area contributed by atoms with Gasteiger partial charge in [-0.3, -0.25) is 4.90 Å². The summed E-state index contributed by atoms with van der Waals surface area (Å²) in [6.45, 7) is 9.90. The number of hydrogen-bond acceptors (Lipinski definition) is 2. The molecule has 1 aliphatic rings. The monoisotopic (exact) mass is 278 g/mol. The third kappa shape index (κ3) is 3.39. The Labute approximate surface area is 122 Å². The summed E-state index contributed by atoms with van der Waals surface area (Å²) in [5, 5.41) is 3.73. The summed E-state index contributed by atoms with van der Waals surface area (Å²) in [7, 11) is 0. The van der Waals surface area contributed by atoms with Gasteiger partial charge in [0.05, 0.1) is 0 Å². The summed E-state index contributed by atoms with van der Waals surface area (Å²) in [6, 6.07) is 7.30. The third-order valence-electron chi connectivity index (χ3n) is 4.86. The Morgan fingerprint density at radius 3 is 2.75 bits per heavy atom. The molecule has 0 bridgehead atoms. The molecule has 0 aliphatic carbocycles. The fourth-order valence-corrected chi connectivity index (χ4v) is 3.19. The maximum Gasteiger partial charge on any atom is 0.123 e. The maximum absolute atomic E-state index is 13.4. The molecule has 1 aromatic rings. The molecule has 0 saturated carbocycles. The zero-order valence-electron chi connectivity index (χ0n) is 13.0. The van der Waals surface area contributed by atoms with E-state index in [1.54, 1.807) is 6.07 Å². The predicted molar refractivity (Wildman–Crippen MR) is 82.3 cm³/mol. The van der Waals surface area contributed by atoms with Crippen LogP contribution in [0, 0.1) is 5.82 Å². The van der Waals surface area contributed by atoms with Crippen molar-refractivity contribution in [3.8, 4) is 0 Å². The van der Waals surface area contributed by atoms with E-state index in [0.717, 1.165) is 44.5 Å². The van der Waals surface area contributed by atoms with Crippen molar-refractivity contribution in [2.45, 2.75) is 51.6 Å². The van der Waals surface area contributed by atoms with E-state index in [1.165, 1.54) is 6.07 Å². The summed E-state index contributed by atoms with van der Waals surface area (Å²) in [5.41, 5.74) is 1.28. The summed E-state index contributed by atoms with van der Waals surface area (Å²) in [6.07, 6.45) is 3.42. The molecular weight excluding hydrogens is 251 g/mol. The molecule has 1 aliphatic heterocycles. The smallest absolute Gasteiger partial charge is 0.123 e. The largest absolute Gasteiger partial charge is 0.310 e. The van der Waals surface area contributed by atoms with Gasteiger partial charge in [-0.05, 0) is 50.4 Å². The second kappa shape index (κ2) is 6.68. The van der Waals surface area contributed by atoms with E-state index < -0.39 is 0 Å². The molecule has 2 rings (SSSR count). The number of nitrogens with zero attached hydrogens (tertiary/aromatic N) is 1. The van der Waals surface area contributed by atoms with Crippen molar-refractivity contribution in [3.63, 3.8) is 0 Å². The minimum atomic E-state index is -0.139. The first kappa shape index (κ1) is 15.5. The molecule has 20 heavy (non-hydrogen) atoms. The predicted octanol–water partition coefficient (Wildman–Crippen LogP) is 3.74. The fourth-order valence-electron chi connectivity index (χ4n) is 3.19. The molecule has 0 aromatic heterocycles. The van der Waals surface area contributed by atoms with Crippen molar-refractivity contribution >= 4 is 0 Å². The molecule has 0 spiro atoms. The standard InChI is InChI=1S/C17H27FN2/c1-4-17(5-2)13-20(11-7-10-19-17)14(3)15-8-6-9-16(18)12-15/h6,8-9,12,14,19H,4-5,7,10-11,13H2,1-3H3. The van der Waals surface area contributed by atoms with Gasteiger partial charge in [-0.1, -0.05) is 26.0 Å². The van der Waals surface area contributed by atoms with Gasteiger partial charge >= 0.3 is 0 Å². The Morgan fingerprint density at radius 1 is 1.35 bits per heavy atom.